The van der Waals surface area contributed by atoms with Crippen LogP contribution in [-0.4, -0.2) is 22.7 Å². The highest BCUT2D eigenvalue weighted by Gasteiger charge is 2.10. The van der Waals surface area contributed by atoms with Crippen molar-refractivity contribution < 1.29 is 13.5 Å². The zero-order valence-corrected chi connectivity index (χ0v) is 22.0. The van der Waals surface area contributed by atoms with Crippen LogP contribution in [0.2, 0.25) is 0 Å². The van der Waals surface area contributed by atoms with Gasteiger partial charge in [0, 0.05) is 24.4 Å². The summed E-state index contributed by atoms with van der Waals surface area (Å²) < 4.78 is 33.4. The second-order valence-corrected chi connectivity index (χ2v) is 9.72. The molecule has 1 aromatic heterocycles. The van der Waals surface area contributed by atoms with Crippen molar-refractivity contribution in [3.05, 3.63) is 42.0 Å². The topological polar surface area (TPSA) is 35.0 Å². The zero-order valence-electron chi connectivity index (χ0n) is 22.0. The van der Waals surface area contributed by atoms with Crippen LogP contribution in [0.4, 0.5) is 8.78 Å². The predicted molar refractivity (Wildman–Crippen MR) is 142 cm³/mol. The molecule has 1 unspecified atom stereocenters. The highest BCUT2D eigenvalue weighted by molar-refractivity contribution is 5.56. The molecule has 0 radical (unpaired) electrons. The van der Waals surface area contributed by atoms with Crippen molar-refractivity contribution in [2.75, 3.05) is 6.61 Å². The number of halogens is 2. The molecule has 1 aromatic carbocycles. The van der Waals surface area contributed by atoms with Gasteiger partial charge in [-0.15, -0.1) is 0 Å². The Morgan fingerprint density at radius 3 is 1.94 bits per heavy atom. The van der Waals surface area contributed by atoms with Gasteiger partial charge in [-0.25, -0.2) is 18.7 Å². The smallest absolute Gasteiger partial charge is 0.165 e. The van der Waals surface area contributed by atoms with E-state index in [2.05, 4.69) is 16.9 Å². The van der Waals surface area contributed by atoms with Gasteiger partial charge in [-0.2, -0.15) is 0 Å². The summed E-state index contributed by atoms with van der Waals surface area (Å²) >= 11 is 0. The lowest BCUT2D eigenvalue weighted by molar-refractivity contribution is 0.220. The first kappa shape index (κ1) is 29.2. The Morgan fingerprint density at radius 1 is 0.771 bits per heavy atom. The van der Waals surface area contributed by atoms with E-state index >= 15 is 0 Å². The second-order valence-electron chi connectivity index (χ2n) is 9.72. The number of hydrogen-bond acceptors (Lipinski definition) is 3. The van der Waals surface area contributed by atoms with Crippen molar-refractivity contribution in [1.29, 1.82) is 0 Å². The van der Waals surface area contributed by atoms with Crippen LogP contribution in [0.5, 0.6) is 5.75 Å². The molecule has 0 N–H and O–H groups in total. The third-order valence-electron chi connectivity index (χ3n) is 6.50. The minimum absolute atomic E-state index is 0.140. The van der Waals surface area contributed by atoms with Gasteiger partial charge in [0.1, 0.15) is 6.17 Å². The number of unbranched alkanes of at least 4 members (excludes halogenated alkanes) is 11. The standard InChI is InChI=1S/C30H46F2N2O/c1-3-5-6-7-8-9-10-11-12-13-14-15-17-25-23-33-30(34-24-25)26-18-19-29(28(32)22-26)35-21-20-27(31)16-4-2/h18-19,22-24,27H,3-17,20-21H2,1-2H3. The lowest BCUT2D eigenvalue weighted by atomic mass is 10.0. The summed E-state index contributed by atoms with van der Waals surface area (Å²) in [7, 11) is 0. The van der Waals surface area contributed by atoms with Gasteiger partial charge in [-0.3, -0.25) is 0 Å². The minimum Gasteiger partial charge on any atom is -0.490 e. The fourth-order valence-electron chi connectivity index (χ4n) is 4.31. The van der Waals surface area contributed by atoms with Gasteiger partial charge in [0.25, 0.3) is 0 Å². The van der Waals surface area contributed by atoms with Crippen LogP contribution in [0.3, 0.4) is 0 Å². The lowest BCUT2D eigenvalue weighted by Gasteiger charge is -2.10. The summed E-state index contributed by atoms with van der Waals surface area (Å²) in [5, 5.41) is 0. The first-order chi connectivity index (χ1) is 17.1. The molecular formula is C30H46F2N2O. The number of nitrogens with zero attached hydrogens (tertiary/aromatic N) is 2. The Labute approximate surface area is 212 Å². The number of hydrogen-bond donors (Lipinski definition) is 0. The van der Waals surface area contributed by atoms with Crippen molar-refractivity contribution >= 4 is 0 Å². The van der Waals surface area contributed by atoms with Gasteiger partial charge in [0.15, 0.2) is 17.4 Å². The highest BCUT2D eigenvalue weighted by Crippen LogP contribution is 2.24. The van der Waals surface area contributed by atoms with Crippen molar-refractivity contribution in [2.45, 2.75) is 123 Å². The summed E-state index contributed by atoms with van der Waals surface area (Å²) in [5.41, 5.74) is 1.73. The van der Waals surface area contributed by atoms with E-state index in [0.29, 0.717) is 17.8 Å². The van der Waals surface area contributed by atoms with E-state index in [0.717, 1.165) is 24.8 Å². The molecule has 1 heterocycles. The third kappa shape index (κ3) is 12.5. The van der Waals surface area contributed by atoms with Gasteiger partial charge in [0.05, 0.1) is 6.61 Å². The average molecular weight is 489 g/mol. The Balaban J connectivity index is 1.62. The molecule has 35 heavy (non-hydrogen) atoms. The molecule has 2 aromatic rings. The van der Waals surface area contributed by atoms with Crippen LogP contribution in [0.25, 0.3) is 11.4 Å². The van der Waals surface area contributed by atoms with Gasteiger partial charge < -0.3 is 4.74 Å². The zero-order chi connectivity index (χ0) is 25.1. The molecule has 2 rings (SSSR count). The van der Waals surface area contributed by atoms with E-state index < -0.39 is 12.0 Å². The monoisotopic (exact) mass is 488 g/mol. The quantitative estimate of drug-likeness (QED) is 0.174. The largest absolute Gasteiger partial charge is 0.490 e. The number of benzene rings is 1. The normalized spacial score (nSPS) is 12.1. The fourth-order valence-corrected chi connectivity index (χ4v) is 4.31. The van der Waals surface area contributed by atoms with Gasteiger partial charge >= 0.3 is 0 Å². The maximum Gasteiger partial charge on any atom is 0.165 e. The molecule has 1 atom stereocenters. The van der Waals surface area contributed by atoms with E-state index in [4.69, 9.17) is 4.74 Å². The summed E-state index contributed by atoms with van der Waals surface area (Å²) in [5.74, 6) is 0.166. The van der Waals surface area contributed by atoms with Gasteiger partial charge in [-0.1, -0.05) is 90.9 Å². The average Bonchev–Trinajstić information content (AvgIpc) is 2.86. The first-order valence-electron chi connectivity index (χ1n) is 14.0. The number of aryl methyl sites for hydroxylation is 1. The van der Waals surface area contributed by atoms with Crippen molar-refractivity contribution in [1.82, 2.24) is 9.97 Å². The van der Waals surface area contributed by atoms with Crippen molar-refractivity contribution in [3.63, 3.8) is 0 Å². The summed E-state index contributed by atoms with van der Waals surface area (Å²) in [4.78, 5) is 8.87. The van der Waals surface area contributed by atoms with Crippen LogP contribution in [0.15, 0.2) is 30.6 Å². The number of alkyl halides is 1. The Morgan fingerprint density at radius 2 is 1.37 bits per heavy atom. The van der Waals surface area contributed by atoms with E-state index in [1.54, 1.807) is 12.1 Å². The van der Waals surface area contributed by atoms with Crippen molar-refractivity contribution in [2.24, 2.45) is 0 Å². The molecule has 0 aliphatic heterocycles. The van der Waals surface area contributed by atoms with Gasteiger partial charge in [-0.05, 0) is 43.0 Å². The van der Waals surface area contributed by atoms with E-state index in [9.17, 15) is 8.78 Å². The minimum atomic E-state index is -0.899. The number of aromatic nitrogens is 2. The maximum atomic E-state index is 14.4. The summed E-state index contributed by atoms with van der Waals surface area (Å²) in [6, 6.07) is 4.70. The molecule has 5 heteroatoms. The Bertz CT molecular complexity index is 797. The first-order valence-corrected chi connectivity index (χ1v) is 14.0. The summed E-state index contributed by atoms with van der Waals surface area (Å²) in [6.07, 6.45) is 21.4. The Hall–Kier alpha value is -2.04. The predicted octanol–water partition coefficient (Wildman–Crippen LogP) is 9.43. The maximum absolute atomic E-state index is 14.4. The second kappa shape index (κ2) is 18.3. The van der Waals surface area contributed by atoms with Crippen LogP contribution >= 0.6 is 0 Å². The van der Waals surface area contributed by atoms with E-state index in [1.165, 1.54) is 76.7 Å². The lowest BCUT2D eigenvalue weighted by Crippen LogP contribution is -2.08. The molecule has 0 fully saturated rings. The molecule has 0 saturated carbocycles. The summed E-state index contributed by atoms with van der Waals surface area (Å²) in [6.45, 7) is 4.38. The Kier molecular flexibility index (Phi) is 15.2. The molecule has 3 nitrogen and oxygen atoms in total. The van der Waals surface area contributed by atoms with Crippen LogP contribution in [0.1, 0.15) is 116 Å². The number of rotatable bonds is 20. The molecule has 0 aliphatic carbocycles. The van der Waals surface area contributed by atoms with Crippen LogP contribution < -0.4 is 4.74 Å². The van der Waals surface area contributed by atoms with Gasteiger partial charge in [0.2, 0.25) is 0 Å². The molecule has 0 bridgehead atoms. The molecular weight excluding hydrogens is 442 g/mol. The third-order valence-corrected chi connectivity index (χ3v) is 6.50. The molecule has 0 aliphatic rings. The molecule has 0 saturated heterocycles. The SMILES string of the molecule is CCCCCCCCCCCCCCc1cnc(-c2ccc(OCCC(F)CCC)c(F)c2)nc1. The van der Waals surface area contributed by atoms with E-state index in [1.807, 2.05) is 19.3 Å². The molecule has 0 spiro atoms. The highest BCUT2D eigenvalue weighted by atomic mass is 19.1. The van der Waals surface area contributed by atoms with Crippen LogP contribution in [0, 0.1) is 5.82 Å². The molecule has 196 valence electrons. The van der Waals surface area contributed by atoms with Crippen molar-refractivity contribution in [3.8, 4) is 17.1 Å². The van der Waals surface area contributed by atoms with Crippen LogP contribution in [-0.2, 0) is 6.42 Å². The number of ether oxygens (including phenoxy) is 1. The fraction of sp³-hybridized carbons (Fsp3) is 0.667. The molecule has 0 amide bonds. The van der Waals surface area contributed by atoms with E-state index in [-0.39, 0.29) is 18.8 Å².